The van der Waals surface area contributed by atoms with E-state index in [-0.39, 0.29) is 18.0 Å². The first-order valence-corrected chi connectivity index (χ1v) is 9.66. The second-order valence-corrected chi connectivity index (χ2v) is 7.41. The van der Waals surface area contributed by atoms with Gasteiger partial charge in [-0.15, -0.1) is 0 Å². The largest absolute Gasteiger partial charge is 0.508 e. The normalized spacial score (nSPS) is 23.9. The highest BCUT2D eigenvalue weighted by Crippen LogP contribution is 2.46. The van der Waals surface area contributed by atoms with Crippen molar-refractivity contribution in [2.75, 3.05) is 10.3 Å². The Balaban J connectivity index is 1.61. The third kappa shape index (κ3) is 2.80. The van der Waals surface area contributed by atoms with Crippen molar-refractivity contribution >= 4 is 11.4 Å². The van der Waals surface area contributed by atoms with Gasteiger partial charge in [0.1, 0.15) is 18.1 Å². The van der Waals surface area contributed by atoms with E-state index in [9.17, 15) is 10.2 Å². The van der Waals surface area contributed by atoms with Gasteiger partial charge in [-0.1, -0.05) is 48.5 Å². The summed E-state index contributed by atoms with van der Waals surface area (Å²) in [5, 5.41) is 22.9. The molecule has 3 aromatic rings. The lowest BCUT2D eigenvalue weighted by Crippen LogP contribution is -2.41. The fourth-order valence-corrected chi connectivity index (χ4v) is 4.42. The molecule has 1 fully saturated rings. The van der Waals surface area contributed by atoms with E-state index in [1.807, 2.05) is 47.5 Å². The molecule has 142 valence electrons. The van der Waals surface area contributed by atoms with Crippen molar-refractivity contribution in [3.63, 3.8) is 0 Å². The van der Waals surface area contributed by atoms with Gasteiger partial charge in [-0.2, -0.15) is 5.01 Å². The summed E-state index contributed by atoms with van der Waals surface area (Å²) in [5.74, 6) is 0.237. The molecule has 0 aliphatic carbocycles. The van der Waals surface area contributed by atoms with Crippen molar-refractivity contribution in [3.8, 4) is 5.75 Å². The summed E-state index contributed by atoms with van der Waals surface area (Å²) in [4.78, 5) is 2.31. The lowest BCUT2D eigenvalue weighted by molar-refractivity contribution is 0.0251. The molecule has 5 nitrogen and oxygen atoms in total. The van der Waals surface area contributed by atoms with E-state index in [2.05, 4.69) is 34.6 Å². The zero-order valence-electron chi connectivity index (χ0n) is 15.4. The maximum Gasteiger partial charge on any atom is 0.147 e. The average Bonchev–Trinajstić information content (AvgIpc) is 3.02. The minimum absolute atomic E-state index is 0.00934. The number of rotatable bonds is 3. The Morgan fingerprint density at radius 2 is 1.57 bits per heavy atom. The first-order valence-electron chi connectivity index (χ1n) is 9.66. The van der Waals surface area contributed by atoms with Crippen LogP contribution in [0.3, 0.4) is 0 Å². The summed E-state index contributed by atoms with van der Waals surface area (Å²) in [6, 6.07) is 25.6. The number of phenols is 1. The molecule has 2 aliphatic heterocycles. The van der Waals surface area contributed by atoms with Crippen molar-refractivity contribution in [2.24, 2.45) is 0 Å². The molecule has 0 radical (unpaired) electrons. The lowest BCUT2D eigenvalue weighted by atomic mass is 9.95. The number of aliphatic hydroxyl groups is 1. The van der Waals surface area contributed by atoms with Crippen LogP contribution in [-0.4, -0.2) is 27.5 Å². The number of aliphatic hydroxyl groups excluding tert-OH is 1. The van der Waals surface area contributed by atoms with Crippen LogP contribution in [0.25, 0.3) is 0 Å². The smallest absolute Gasteiger partial charge is 0.147 e. The number of para-hydroxylation sites is 2. The molecular weight excluding hydrogens is 350 g/mol. The van der Waals surface area contributed by atoms with Crippen molar-refractivity contribution in [1.29, 1.82) is 0 Å². The minimum Gasteiger partial charge on any atom is -0.508 e. The minimum atomic E-state index is -0.660. The molecule has 2 aliphatic rings. The molecule has 28 heavy (non-hydrogen) atoms. The monoisotopic (exact) mass is 373 g/mol. The standard InChI is InChI=1S/C23H23N3O2/c27-19-13-10-17(11-14-19)22-25-20-9-5-4-6-16(20)12-15-21(25)23(28)26(22)24-18-7-2-1-3-8-18/h1-11,13-14,21-24,27-28H,12,15H2/t21?,22-,23-/m1/s1. The molecule has 0 saturated carbocycles. The maximum absolute atomic E-state index is 11.2. The molecule has 1 saturated heterocycles. The number of anilines is 2. The second kappa shape index (κ2) is 6.86. The number of nitrogens with zero attached hydrogens (tertiary/aromatic N) is 2. The van der Waals surface area contributed by atoms with Gasteiger partial charge in [0.05, 0.1) is 6.04 Å². The molecule has 0 bridgehead atoms. The van der Waals surface area contributed by atoms with Gasteiger partial charge in [0.2, 0.25) is 0 Å². The first-order chi connectivity index (χ1) is 13.7. The number of benzene rings is 3. The van der Waals surface area contributed by atoms with Gasteiger partial charge in [-0.05, 0) is 54.3 Å². The Kier molecular flexibility index (Phi) is 4.19. The Bertz CT molecular complexity index is 961. The number of hydrazine groups is 1. The summed E-state index contributed by atoms with van der Waals surface area (Å²) in [6.07, 6.45) is 0.991. The molecule has 2 heterocycles. The number of nitrogens with one attached hydrogen (secondary N) is 1. The molecule has 1 unspecified atom stereocenters. The zero-order chi connectivity index (χ0) is 19.1. The van der Waals surface area contributed by atoms with Crippen LogP contribution in [0.1, 0.15) is 23.7 Å². The van der Waals surface area contributed by atoms with Gasteiger partial charge in [0.25, 0.3) is 0 Å². The molecule has 3 atom stereocenters. The summed E-state index contributed by atoms with van der Waals surface area (Å²) in [7, 11) is 0. The summed E-state index contributed by atoms with van der Waals surface area (Å²) < 4.78 is 0. The molecule has 0 aromatic heterocycles. The predicted molar refractivity (Wildman–Crippen MR) is 110 cm³/mol. The first kappa shape index (κ1) is 17.1. The molecule has 5 heteroatoms. The zero-order valence-corrected chi connectivity index (χ0v) is 15.4. The van der Waals surface area contributed by atoms with Gasteiger partial charge < -0.3 is 20.5 Å². The van der Waals surface area contributed by atoms with Crippen molar-refractivity contribution in [3.05, 3.63) is 90.0 Å². The number of aryl methyl sites for hydroxylation is 1. The lowest BCUT2D eigenvalue weighted by Gasteiger charge is -2.37. The molecule has 0 spiro atoms. The number of fused-ring (bicyclic) bond motifs is 3. The van der Waals surface area contributed by atoms with Crippen LogP contribution in [0.5, 0.6) is 5.75 Å². The fraction of sp³-hybridized carbons (Fsp3) is 0.217. The van der Waals surface area contributed by atoms with Gasteiger partial charge in [-0.25, -0.2) is 0 Å². The van der Waals surface area contributed by atoms with Crippen molar-refractivity contribution < 1.29 is 10.2 Å². The highest BCUT2D eigenvalue weighted by atomic mass is 16.3. The van der Waals surface area contributed by atoms with E-state index in [0.29, 0.717) is 0 Å². The SMILES string of the molecule is Oc1ccc([C@@H]2N3c4ccccc4CCC3[C@@H](O)N2Nc2ccccc2)cc1. The van der Waals surface area contributed by atoms with Crippen LogP contribution >= 0.6 is 0 Å². The van der Waals surface area contributed by atoms with Gasteiger partial charge in [0, 0.05) is 11.4 Å². The van der Waals surface area contributed by atoms with Crippen LogP contribution in [0.15, 0.2) is 78.9 Å². The quantitative estimate of drug-likeness (QED) is 0.651. The molecule has 5 rings (SSSR count). The average molecular weight is 373 g/mol. The van der Waals surface area contributed by atoms with E-state index in [0.717, 1.165) is 29.8 Å². The Hall–Kier alpha value is -3.02. The number of hydrogen-bond acceptors (Lipinski definition) is 5. The predicted octanol–water partition coefficient (Wildman–Crippen LogP) is 3.87. The second-order valence-electron chi connectivity index (χ2n) is 7.41. The summed E-state index contributed by atoms with van der Waals surface area (Å²) in [5.41, 5.74) is 7.83. The number of hydrogen-bond donors (Lipinski definition) is 3. The highest BCUT2D eigenvalue weighted by molar-refractivity contribution is 5.60. The Morgan fingerprint density at radius 1 is 0.857 bits per heavy atom. The van der Waals surface area contributed by atoms with Crippen molar-refractivity contribution in [2.45, 2.75) is 31.3 Å². The van der Waals surface area contributed by atoms with Gasteiger partial charge in [-0.3, -0.25) is 0 Å². The third-order valence-corrected chi connectivity index (χ3v) is 5.72. The van der Waals surface area contributed by atoms with E-state index in [1.54, 1.807) is 12.1 Å². The van der Waals surface area contributed by atoms with E-state index in [4.69, 9.17) is 0 Å². The van der Waals surface area contributed by atoms with Crippen LogP contribution in [0.2, 0.25) is 0 Å². The van der Waals surface area contributed by atoms with E-state index >= 15 is 0 Å². The van der Waals surface area contributed by atoms with E-state index in [1.165, 1.54) is 5.56 Å². The number of aromatic hydroxyl groups is 1. The molecule has 3 N–H and O–H groups in total. The molecule has 3 aromatic carbocycles. The summed E-state index contributed by atoms with van der Waals surface area (Å²) >= 11 is 0. The highest BCUT2D eigenvalue weighted by Gasteiger charge is 2.49. The Morgan fingerprint density at radius 3 is 2.36 bits per heavy atom. The van der Waals surface area contributed by atoms with Crippen molar-refractivity contribution in [1.82, 2.24) is 5.01 Å². The maximum atomic E-state index is 11.2. The van der Waals surface area contributed by atoms with E-state index < -0.39 is 6.23 Å². The van der Waals surface area contributed by atoms with Gasteiger partial charge >= 0.3 is 0 Å². The fourth-order valence-electron chi connectivity index (χ4n) is 4.42. The van der Waals surface area contributed by atoms with Crippen LogP contribution in [0, 0.1) is 0 Å². The topological polar surface area (TPSA) is 59.0 Å². The number of phenolic OH excluding ortho intramolecular Hbond substituents is 1. The molecular formula is C23H23N3O2. The Labute approximate surface area is 164 Å². The van der Waals surface area contributed by atoms with Crippen LogP contribution in [0.4, 0.5) is 11.4 Å². The molecule has 0 amide bonds. The van der Waals surface area contributed by atoms with Crippen LogP contribution < -0.4 is 10.3 Å². The van der Waals surface area contributed by atoms with Gasteiger partial charge in [0.15, 0.2) is 0 Å². The summed E-state index contributed by atoms with van der Waals surface area (Å²) in [6.45, 7) is 0. The van der Waals surface area contributed by atoms with Crippen LogP contribution in [-0.2, 0) is 6.42 Å². The third-order valence-electron chi connectivity index (χ3n) is 5.72.